The van der Waals surface area contributed by atoms with Crippen LogP contribution in [0, 0.1) is 6.92 Å². The monoisotopic (exact) mass is 188 g/mol. The molecule has 0 aromatic carbocycles. The number of hydrogen-bond acceptors (Lipinski definition) is 4. The zero-order valence-electron chi connectivity index (χ0n) is 8.58. The number of methoxy groups -OCH3 is 2. The van der Waals surface area contributed by atoms with E-state index in [4.69, 9.17) is 14.2 Å². The maximum atomic E-state index is 5.49. The summed E-state index contributed by atoms with van der Waals surface area (Å²) < 4.78 is 16.0. The topological polar surface area (TPSA) is 30.9 Å². The third kappa shape index (κ3) is 1.86. The minimum absolute atomic E-state index is 0.0637. The van der Waals surface area contributed by atoms with Crippen LogP contribution in [0.4, 0.5) is 0 Å². The van der Waals surface area contributed by atoms with Crippen molar-refractivity contribution in [2.75, 3.05) is 33.9 Å². The van der Waals surface area contributed by atoms with E-state index < -0.39 is 5.97 Å². The van der Waals surface area contributed by atoms with E-state index in [1.165, 1.54) is 0 Å². The lowest BCUT2D eigenvalue weighted by Crippen LogP contribution is -2.60. The molecule has 77 valence electrons. The van der Waals surface area contributed by atoms with Gasteiger partial charge in [0.05, 0.1) is 12.6 Å². The Balaban J connectivity index is 2.72. The van der Waals surface area contributed by atoms with Gasteiger partial charge in [-0.1, -0.05) is 0 Å². The highest BCUT2D eigenvalue weighted by atomic mass is 16.9. The molecule has 1 atom stereocenters. The predicted molar refractivity (Wildman–Crippen MR) is 49.1 cm³/mol. The van der Waals surface area contributed by atoms with Crippen molar-refractivity contribution in [1.29, 1.82) is 0 Å². The standard InChI is InChI=1S/C9H18NO3/c1-5-10-6-7-13-9(11-3,12-4)8(10)2/h8H,1,5-7H2,2-4H3. The Bertz CT molecular complexity index is 159. The average molecular weight is 188 g/mol. The van der Waals surface area contributed by atoms with Crippen molar-refractivity contribution >= 4 is 0 Å². The summed E-state index contributed by atoms with van der Waals surface area (Å²) in [5.41, 5.74) is 0. The van der Waals surface area contributed by atoms with Crippen LogP contribution >= 0.6 is 0 Å². The molecule has 0 spiro atoms. The summed E-state index contributed by atoms with van der Waals surface area (Å²) in [6.07, 6.45) is 0. The van der Waals surface area contributed by atoms with E-state index in [1.807, 2.05) is 6.92 Å². The molecule has 1 rings (SSSR count). The van der Waals surface area contributed by atoms with Crippen LogP contribution in [-0.2, 0) is 14.2 Å². The predicted octanol–water partition coefficient (Wildman–Crippen LogP) is 0.488. The van der Waals surface area contributed by atoms with Crippen molar-refractivity contribution in [3.05, 3.63) is 6.92 Å². The van der Waals surface area contributed by atoms with Gasteiger partial charge >= 0.3 is 0 Å². The maximum Gasteiger partial charge on any atom is 0.298 e. The fourth-order valence-electron chi connectivity index (χ4n) is 1.69. The van der Waals surface area contributed by atoms with E-state index in [1.54, 1.807) is 14.2 Å². The lowest BCUT2D eigenvalue weighted by Gasteiger charge is -2.45. The smallest absolute Gasteiger partial charge is 0.298 e. The highest BCUT2D eigenvalue weighted by Crippen LogP contribution is 2.26. The van der Waals surface area contributed by atoms with Crippen LogP contribution in [0.2, 0.25) is 0 Å². The molecule has 4 heteroatoms. The van der Waals surface area contributed by atoms with E-state index in [-0.39, 0.29) is 6.04 Å². The lowest BCUT2D eigenvalue weighted by molar-refractivity contribution is -0.399. The molecule has 1 radical (unpaired) electrons. The van der Waals surface area contributed by atoms with Crippen LogP contribution in [0.1, 0.15) is 6.92 Å². The maximum absolute atomic E-state index is 5.49. The van der Waals surface area contributed by atoms with Crippen LogP contribution in [0.25, 0.3) is 0 Å². The molecule has 0 aromatic heterocycles. The number of morpholine rings is 1. The Hall–Kier alpha value is -0.160. The zero-order valence-corrected chi connectivity index (χ0v) is 8.58. The van der Waals surface area contributed by atoms with Gasteiger partial charge in [0.1, 0.15) is 0 Å². The molecule has 0 bridgehead atoms. The Kier molecular flexibility index (Phi) is 3.67. The first-order valence-corrected chi connectivity index (χ1v) is 4.47. The van der Waals surface area contributed by atoms with Gasteiger partial charge in [-0.05, 0) is 20.4 Å². The summed E-state index contributed by atoms with van der Waals surface area (Å²) >= 11 is 0. The van der Waals surface area contributed by atoms with Crippen molar-refractivity contribution in [3.8, 4) is 0 Å². The van der Waals surface area contributed by atoms with Gasteiger partial charge in [-0.25, -0.2) is 0 Å². The highest BCUT2D eigenvalue weighted by Gasteiger charge is 2.44. The Morgan fingerprint density at radius 1 is 1.54 bits per heavy atom. The summed E-state index contributed by atoms with van der Waals surface area (Å²) in [5, 5.41) is 0. The molecule has 0 aromatic rings. The number of rotatable bonds is 3. The third-order valence-corrected chi connectivity index (χ3v) is 2.60. The van der Waals surface area contributed by atoms with Crippen LogP contribution < -0.4 is 0 Å². The normalized spacial score (nSPS) is 29.1. The van der Waals surface area contributed by atoms with Crippen LogP contribution in [0.3, 0.4) is 0 Å². The molecule has 0 aliphatic carbocycles. The molecule has 0 saturated carbocycles. The second-order valence-electron chi connectivity index (χ2n) is 3.07. The van der Waals surface area contributed by atoms with E-state index in [0.29, 0.717) is 6.61 Å². The van der Waals surface area contributed by atoms with Crippen molar-refractivity contribution in [2.24, 2.45) is 0 Å². The molecule has 13 heavy (non-hydrogen) atoms. The first-order chi connectivity index (χ1) is 6.20. The molecule has 1 heterocycles. The van der Waals surface area contributed by atoms with Gasteiger partial charge in [-0.2, -0.15) is 0 Å². The Labute approximate surface area is 79.8 Å². The largest absolute Gasteiger partial charge is 0.330 e. The molecule has 1 unspecified atom stereocenters. The fourth-order valence-corrected chi connectivity index (χ4v) is 1.69. The first kappa shape index (κ1) is 10.9. The number of hydrogen-bond donors (Lipinski definition) is 0. The number of nitrogens with zero attached hydrogens (tertiary/aromatic N) is 1. The molecule has 1 fully saturated rings. The quantitative estimate of drug-likeness (QED) is 0.603. The van der Waals surface area contributed by atoms with Crippen molar-refractivity contribution in [2.45, 2.75) is 18.9 Å². The Morgan fingerprint density at radius 2 is 2.15 bits per heavy atom. The third-order valence-electron chi connectivity index (χ3n) is 2.60. The van der Waals surface area contributed by atoms with E-state index in [2.05, 4.69) is 11.8 Å². The summed E-state index contributed by atoms with van der Waals surface area (Å²) in [6, 6.07) is 0.0637. The zero-order chi connectivity index (χ0) is 9.90. The fraction of sp³-hybridized carbons (Fsp3) is 0.889. The lowest BCUT2D eigenvalue weighted by atomic mass is 10.2. The van der Waals surface area contributed by atoms with E-state index >= 15 is 0 Å². The summed E-state index contributed by atoms with van der Waals surface area (Å²) in [6.45, 7) is 8.09. The second kappa shape index (κ2) is 4.37. The minimum Gasteiger partial charge on any atom is -0.330 e. The van der Waals surface area contributed by atoms with Gasteiger partial charge in [0, 0.05) is 20.8 Å². The molecule has 0 amide bonds. The Morgan fingerprint density at radius 3 is 2.62 bits per heavy atom. The molecular formula is C9H18NO3. The molecular weight excluding hydrogens is 170 g/mol. The van der Waals surface area contributed by atoms with Crippen LogP contribution in [0.15, 0.2) is 0 Å². The van der Waals surface area contributed by atoms with Gasteiger partial charge in [0.15, 0.2) is 0 Å². The number of ether oxygens (including phenoxy) is 3. The first-order valence-electron chi connectivity index (χ1n) is 4.47. The molecule has 1 saturated heterocycles. The van der Waals surface area contributed by atoms with Crippen LogP contribution in [-0.4, -0.2) is 50.8 Å². The van der Waals surface area contributed by atoms with Crippen LogP contribution in [0.5, 0.6) is 0 Å². The van der Waals surface area contributed by atoms with Crippen molar-refractivity contribution in [3.63, 3.8) is 0 Å². The minimum atomic E-state index is -0.921. The van der Waals surface area contributed by atoms with Gasteiger partial charge in [-0.3, -0.25) is 4.90 Å². The average Bonchev–Trinajstić information content (AvgIpc) is 2.19. The summed E-state index contributed by atoms with van der Waals surface area (Å²) in [4.78, 5) is 2.16. The van der Waals surface area contributed by atoms with Gasteiger partial charge in [0.2, 0.25) is 0 Å². The summed E-state index contributed by atoms with van der Waals surface area (Å²) in [5.74, 6) is -0.921. The summed E-state index contributed by atoms with van der Waals surface area (Å²) in [7, 11) is 3.18. The molecule has 0 N–H and O–H groups in total. The van der Waals surface area contributed by atoms with E-state index in [0.717, 1.165) is 13.1 Å². The highest BCUT2D eigenvalue weighted by molar-refractivity contribution is 4.81. The van der Waals surface area contributed by atoms with E-state index in [9.17, 15) is 0 Å². The second-order valence-corrected chi connectivity index (χ2v) is 3.07. The molecule has 1 aliphatic rings. The SMILES string of the molecule is [CH2]CN1CCOC(OC)(OC)C1C. The molecule has 4 nitrogen and oxygen atoms in total. The van der Waals surface area contributed by atoms with Gasteiger partial charge in [0.25, 0.3) is 5.97 Å². The van der Waals surface area contributed by atoms with Crippen molar-refractivity contribution < 1.29 is 14.2 Å². The molecule has 1 aliphatic heterocycles. The van der Waals surface area contributed by atoms with Gasteiger partial charge in [-0.15, -0.1) is 0 Å². The van der Waals surface area contributed by atoms with Gasteiger partial charge < -0.3 is 14.2 Å². The van der Waals surface area contributed by atoms with Crippen molar-refractivity contribution in [1.82, 2.24) is 4.90 Å².